The molecule has 6 nitrogen and oxygen atoms in total. The molecule has 2 aromatic carbocycles. The largest absolute Gasteiger partial charge is 0.329 e. The number of aromatic amines is 1. The predicted molar refractivity (Wildman–Crippen MR) is 112 cm³/mol. The summed E-state index contributed by atoms with van der Waals surface area (Å²) >= 11 is 1.57. The van der Waals surface area contributed by atoms with Crippen molar-refractivity contribution in [2.75, 3.05) is 0 Å². The van der Waals surface area contributed by atoms with Crippen molar-refractivity contribution in [2.45, 2.75) is 23.9 Å². The Morgan fingerprint density at radius 2 is 1.61 bits per heavy atom. The van der Waals surface area contributed by atoms with Crippen LogP contribution in [0.3, 0.4) is 0 Å². The van der Waals surface area contributed by atoms with E-state index in [0.29, 0.717) is 17.7 Å². The third-order valence-corrected chi connectivity index (χ3v) is 5.70. The van der Waals surface area contributed by atoms with Crippen LogP contribution in [0.15, 0.2) is 75.4 Å². The Hall–Kier alpha value is -3.06. The highest BCUT2D eigenvalue weighted by atomic mass is 32.2. The highest BCUT2D eigenvalue weighted by Gasteiger charge is 2.17. The summed E-state index contributed by atoms with van der Waals surface area (Å²) in [6, 6.07) is 20.2. The highest BCUT2D eigenvalue weighted by Crippen LogP contribution is 2.25. The van der Waals surface area contributed by atoms with Gasteiger partial charge >= 0.3 is 5.69 Å². The van der Waals surface area contributed by atoms with Crippen LogP contribution in [0.5, 0.6) is 0 Å². The maximum absolute atomic E-state index is 12.5. The number of aryl methyl sites for hydroxylation is 3. The van der Waals surface area contributed by atoms with Gasteiger partial charge in [0.05, 0.1) is 0 Å². The lowest BCUT2D eigenvalue weighted by molar-refractivity contribution is 0.650. The third-order valence-electron chi connectivity index (χ3n) is 4.65. The average Bonchev–Trinajstić information content (AvgIpc) is 3.10. The van der Waals surface area contributed by atoms with E-state index >= 15 is 0 Å². The van der Waals surface area contributed by atoms with Crippen molar-refractivity contribution in [3.8, 4) is 0 Å². The number of imidazole rings is 1. The van der Waals surface area contributed by atoms with E-state index in [0.717, 1.165) is 17.3 Å². The fourth-order valence-corrected chi connectivity index (χ4v) is 4.12. The zero-order chi connectivity index (χ0) is 19.5. The summed E-state index contributed by atoms with van der Waals surface area (Å²) in [6.45, 7) is 0.610. The number of hydrogen-bond acceptors (Lipinski definition) is 4. The molecule has 0 fully saturated rings. The maximum atomic E-state index is 12.5. The molecule has 0 spiro atoms. The van der Waals surface area contributed by atoms with Crippen LogP contribution in [0, 0.1) is 0 Å². The molecule has 7 heteroatoms. The summed E-state index contributed by atoms with van der Waals surface area (Å²) in [6.07, 6.45) is 0.771. The zero-order valence-electron chi connectivity index (χ0n) is 15.5. The first-order valence-electron chi connectivity index (χ1n) is 9.03. The van der Waals surface area contributed by atoms with Gasteiger partial charge in [-0.1, -0.05) is 72.4 Å². The van der Waals surface area contributed by atoms with Crippen molar-refractivity contribution in [3.63, 3.8) is 0 Å². The molecule has 0 radical (unpaired) electrons. The van der Waals surface area contributed by atoms with E-state index in [1.807, 2.05) is 41.0 Å². The van der Waals surface area contributed by atoms with Crippen molar-refractivity contribution in [2.24, 2.45) is 7.05 Å². The summed E-state index contributed by atoms with van der Waals surface area (Å²) in [7, 11) is 1.63. The number of rotatable bonds is 6. The molecule has 0 bridgehead atoms. The van der Waals surface area contributed by atoms with Gasteiger partial charge in [0.2, 0.25) is 0 Å². The van der Waals surface area contributed by atoms with E-state index in [1.165, 1.54) is 15.7 Å². The highest BCUT2D eigenvalue weighted by molar-refractivity contribution is 7.98. The topological polar surface area (TPSA) is 72.7 Å². The molecule has 0 aliphatic heterocycles. The fraction of sp³-hybridized carbons (Fsp3) is 0.190. The quantitative estimate of drug-likeness (QED) is 0.512. The van der Waals surface area contributed by atoms with E-state index in [4.69, 9.17) is 0 Å². The first kappa shape index (κ1) is 18.3. The molecule has 2 aromatic heterocycles. The number of nitrogens with zero attached hydrogens (tertiary/aromatic N) is 3. The normalized spacial score (nSPS) is 11.2. The molecule has 0 unspecified atom stereocenters. The molecule has 0 amide bonds. The summed E-state index contributed by atoms with van der Waals surface area (Å²) < 4.78 is 3.32. The Bertz CT molecular complexity index is 1210. The van der Waals surface area contributed by atoms with E-state index in [1.54, 1.807) is 18.8 Å². The lowest BCUT2D eigenvalue weighted by Gasteiger charge is -2.09. The van der Waals surface area contributed by atoms with Crippen molar-refractivity contribution < 1.29 is 0 Å². The Kier molecular flexibility index (Phi) is 5.16. The fourth-order valence-electron chi connectivity index (χ4n) is 3.14. The van der Waals surface area contributed by atoms with E-state index in [9.17, 15) is 9.59 Å². The SMILES string of the molecule is Cn1c(=O)[nH]c(=O)c2c1nc(SCc1ccccc1)n2CCc1ccccc1. The Labute approximate surface area is 165 Å². The maximum Gasteiger partial charge on any atom is 0.329 e. The number of nitrogens with one attached hydrogen (secondary N) is 1. The number of aromatic nitrogens is 4. The smallest absolute Gasteiger partial charge is 0.313 e. The van der Waals surface area contributed by atoms with Crippen LogP contribution in [-0.2, 0) is 25.8 Å². The minimum Gasteiger partial charge on any atom is -0.313 e. The summed E-state index contributed by atoms with van der Waals surface area (Å²) in [5.41, 5.74) is 2.36. The van der Waals surface area contributed by atoms with Crippen LogP contribution in [0.25, 0.3) is 11.2 Å². The standard InChI is InChI=1S/C21H20N4O2S/c1-24-18-17(19(26)23-20(24)27)25(13-12-15-8-4-2-5-9-15)21(22-18)28-14-16-10-6-3-7-11-16/h2-11H,12-14H2,1H3,(H,23,26,27). The minimum absolute atomic E-state index is 0.398. The van der Waals surface area contributed by atoms with Crippen LogP contribution in [0.4, 0.5) is 0 Å². The number of fused-ring (bicyclic) bond motifs is 1. The number of hydrogen-bond donors (Lipinski definition) is 1. The van der Waals surface area contributed by atoms with Gasteiger partial charge < -0.3 is 4.57 Å². The second-order valence-electron chi connectivity index (χ2n) is 6.55. The number of benzene rings is 2. The molecule has 4 aromatic rings. The molecule has 0 aliphatic rings. The van der Waals surface area contributed by atoms with Gasteiger partial charge in [0.25, 0.3) is 5.56 Å². The third kappa shape index (κ3) is 3.66. The van der Waals surface area contributed by atoms with Crippen LogP contribution < -0.4 is 11.2 Å². The lowest BCUT2D eigenvalue weighted by Crippen LogP contribution is -2.29. The summed E-state index contributed by atoms with van der Waals surface area (Å²) in [4.78, 5) is 31.5. The molecule has 2 heterocycles. The first-order valence-corrected chi connectivity index (χ1v) is 10.0. The molecule has 4 rings (SSSR count). The predicted octanol–water partition coefficient (Wildman–Crippen LogP) is 2.96. The number of thioether (sulfide) groups is 1. The van der Waals surface area contributed by atoms with E-state index in [2.05, 4.69) is 34.2 Å². The minimum atomic E-state index is -0.454. The van der Waals surface area contributed by atoms with Gasteiger partial charge in [-0.2, -0.15) is 0 Å². The average molecular weight is 392 g/mol. The van der Waals surface area contributed by atoms with Crippen molar-refractivity contribution in [1.82, 2.24) is 19.1 Å². The molecular formula is C21H20N4O2S. The molecule has 0 saturated carbocycles. The van der Waals surface area contributed by atoms with Crippen molar-refractivity contribution >= 4 is 22.9 Å². The zero-order valence-corrected chi connectivity index (χ0v) is 16.3. The van der Waals surface area contributed by atoms with Gasteiger partial charge in [-0.25, -0.2) is 9.78 Å². The van der Waals surface area contributed by atoms with Crippen LogP contribution in [0.1, 0.15) is 11.1 Å². The lowest BCUT2D eigenvalue weighted by atomic mass is 10.1. The molecule has 28 heavy (non-hydrogen) atoms. The van der Waals surface area contributed by atoms with Crippen LogP contribution >= 0.6 is 11.8 Å². The van der Waals surface area contributed by atoms with Gasteiger partial charge in [0.1, 0.15) is 0 Å². The first-order chi connectivity index (χ1) is 13.6. The molecule has 142 valence electrons. The molecule has 1 N–H and O–H groups in total. The van der Waals surface area contributed by atoms with Crippen molar-refractivity contribution in [1.29, 1.82) is 0 Å². The molecule has 0 atom stereocenters. The molecule has 0 aliphatic carbocycles. The van der Waals surface area contributed by atoms with Gasteiger partial charge in [0, 0.05) is 19.3 Å². The van der Waals surface area contributed by atoms with Crippen LogP contribution in [0.2, 0.25) is 0 Å². The number of H-pyrrole nitrogens is 1. The monoisotopic (exact) mass is 392 g/mol. The Morgan fingerprint density at radius 1 is 0.964 bits per heavy atom. The Morgan fingerprint density at radius 3 is 2.29 bits per heavy atom. The van der Waals surface area contributed by atoms with E-state index in [-0.39, 0.29) is 0 Å². The van der Waals surface area contributed by atoms with E-state index < -0.39 is 11.2 Å². The summed E-state index contributed by atoms with van der Waals surface area (Å²) in [5, 5.41) is 0.737. The van der Waals surface area contributed by atoms with Crippen molar-refractivity contribution in [3.05, 3.63) is 92.6 Å². The Balaban J connectivity index is 1.73. The second kappa shape index (κ2) is 7.90. The molecule has 0 saturated heterocycles. The van der Waals surface area contributed by atoms with Gasteiger partial charge in [-0.05, 0) is 17.5 Å². The van der Waals surface area contributed by atoms with Crippen LogP contribution in [-0.4, -0.2) is 19.1 Å². The molecular weight excluding hydrogens is 372 g/mol. The summed E-state index contributed by atoms with van der Waals surface area (Å²) in [5.74, 6) is 0.737. The van der Waals surface area contributed by atoms with Gasteiger partial charge in [0.15, 0.2) is 16.3 Å². The second-order valence-corrected chi connectivity index (χ2v) is 7.49. The van der Waals surface area contributed by atoms with Gasteiger partial charge in [-0.3, -0.25) is 14.3 Å². The van der Waals surface area contributed by atoms with Gasteiger partial charge in [-0.15, -0.1) is 0 Å².